The van der Waals surface area contributed by atoms with Crippen LogP contribution in [0.3, 0.4) is 0 Å². The van der Waals surface area contributed by atoms with Crippen LogP contribution in [0.25, 0.3) is 0 Å². The zero-order chi connectivity index (χ0) is 13.7. The summed E-state index contributed by atoms with van der Waals surface area (Å²) in [5.74, 6) is 0. The second-order valence-electron chi connectivity index (χ2n) is 6.85. The minimum atomic E-state index is 0.397. The molecule has 19 heavy (non-hydrogen) atoms. The van der Waals surface area contributed by atoms with Gasteiger partial charge in [0, 0.05) is 11.8 Å². The Bertz CT molecular complexity index is 306. The fourth-order valence-electron chi connectivity index (χ4n) is 2.74. The molecule has 0 aromatic heterocycles. The van der Waals surface area contributed by atoms with Crippen molar-refractivity contribution in [2.75, 3.05) is 19.7 Å². The molecule has 0 bridgehead atoms. The lowest BCUT2D eigenvalue weighted by molar-refractivity contribution is 0.0624. The molecule has 0 amide bonds. The Hall–Kier alpha value is -0.220. The number of hydrogen-bond donors (Lipinski definition) is 1. The van der Waals surface area contributed by atoms with Crippen LogP contribution in [0.2, 0.25) is 0 Å². The van der Waals surface area contributed by atoms with E-state index in [2.05, 4.69) is 31.1 Å². The van der Waals surface area contributed by atoms with Gasteiger partial charge in [0.2, 0.25) is 0 Å². The first-order valence-electron chi connectivity index (χ1n) is 7.59. The minimum Gasteiger partial charge on any atom is -0.376 e. The van der Waals surface area contributed by atoms with Crippen LogP contribution in [0.1, 0.15) is 52.9 Å². The van der Waals surface area contributed by atoms with E-state index in [0.717, 1.165) is 24.9 Å². The second-order valence-corrected chi connectivity index (χ2v) is 8.14. The zero-order valence-corrected chi connectivity index (χ0v) is 13.4. The van der Waals surface area contributed by atoms with E-state index in [4.69, 9.17) is 4.74 Å². The molecule has 1 aliphatic heterocycles. The molecule has 1 heterocycles. The van der Waals surface area contributed by atoms with Crippen molar-refractivity contribution in [1.29, 1.82) is 0 Å². The van der Waals surface area contributed by atoms with Crippen molar-refractivity contribution in [1.82, 2.24) is 5.32 Å². The lowest BCUT2D eigenvalue weighted by Crippen LogP contribution is -2.26. The molecule has 1 aliphatic carbocycles. The van der Waals surface area contributed by atoms with Crippen LogP contribution in [-0.4, -0.2) is 36.2 Å². The summed E-state index contributed by atoms with van der Waals surface area (Å²) in [4.78, 5) is 4.58. The van der Waals surface area contributed by atoms with Gasteiger partial charge in [0.05, 0.1) is 19.3 Å². The fourth-order valence-corrected chi connectivity index (χ4v) is 4.13. The van der Waals surface area contributed by atoms with Gasteiger partial charge in [-0.3, -0.25) is 4.99 Å². The standard InChI is InChI=1S/C15H28N2OS/c1-15(2,3)10-13-11-17-14(19-13)16-8-9-18-12-6-4-5-7-12/h12-13H,4-11H2,1-3H3,(H,16,17). The van der Waals surface area contributed by atoms with Crippen molar-refractivity contribution in [3.63, 3.8) is 0 Å². The third kappa shape index (κ3) is 5.74. The second kappa shape index (κ2) is 6.98. The summed E-state index contributed by atoms with van der Waals surface area (Å²) in [6, 6.07) is 0. The topological polar surface area (TPSA) is 33.6 Å². The van der Waals surface area contributed by atoms with Crippen LogP contribution in [-0.2, 0) is 4.74 Å². The SMILES string of the molecule is CC(C)(C)CC1CN=C(NCCOC2CCCC2)S1. The van der Waals surface area contributed by atoms with Crippen molar-refractivity contribution in [2.45, 2.75) is 64.2 Å². The molecule has 0 aromatic rings. The highest BCUT2D eigenvalue weighted by Gasteiger charge is 2.24. The van der Waals surface area contributed by atoms with Crippen LogP contribution in [0.15, 0.2) is 4.99 Å². The van der Waals surface area contributed by atoms with Gasteiger partial charge in [-0.2, -0.15) is 0 Å². The quantitative estimate of drug-likeness (QED) is 0.785. The Morgan fingerprint density at radius 3 is 2.74 bits per heavy atom. The molecule has 1 fully saturated rings. The van der Waals surface area contributed by atoms with Gasteiger partial charge in [-0.1, -0.05) is 45.4 Å². The van der Waals surface area contributed by atoms with Gasteiger partial charge in [0.15, 0.2) is 5.17 Å². The van der Waals surface area contributed by atoms with E-state index in [1.165, 1.54) is 32.1 Å². The maximum absolute atomic E-state index is 5.84. The zero-order valence-electron chi connectivity index (χ0n) is 12.6. The molecule has 1 N–H and O–H groups in total. The van der Waals surface area contributed by atoms with Crippen LogP contribution in [0.4, 0.5) is 0 Å². The van der Waals surface area contributed by atoms with Gasteiger partial charge in [-0.25, -0.2) is 0 Å². The predicted octanol–water partition coefficient (Wildman–Crippen LogP) is 3.44. The molecule has 3 nitrogen and oxygen atoms in total. The van der Waals surface area contributed by atoms with Crippen molar-refractivity contribution < 1.29 is 4.74 Å². The lowest BCUT2D eigenvalue weighted by atomic mass is 9.90. The summed E-state index contributed by atoms with van der Waals surface area (Å²) in [6.45, 7) is 9.57. The van der Waals surface area contributed by atoms with Crippen molar-refractivity contribution in [3.05, 3.63) is 0 Å². The Balaban J connectivity index is 1.55. The average Bonchev–Trinajstić information content (AvgIpc) is 2.94. The molecule has 1 unspecified atom stereocenters. The summed E-state index contributed by atoms with van der Waals surface area (Å²) >= 11 is 1.90. The molecule has 0 spiro atoms. The first-order valence-corrected chi connectivity index (χ1v) is 8.47. The molecule has 4 heteroatoms. The number of nitrogens with zero attached hydrogens (tertiary/aromatic N) is 1. The number of hydrogen-bond acceptors (Lipinski definition) is 4. The van der Waals surface area contributed by atoms with Crippen LogP contribution in [0.5, 0.6) is 0 Å². The van der Waals surface area contributed by atoms with Gasteiger partial charge in [0.1, 0.15) is 0 Å². The average molecular weight is 284 g/mol. The minimum absolute atomic E-state index is 0.397. The first kappa shape index (κ1) is 15.2. The number of amidine groups is 1. The van der Waals surface area contributed by atoms with Gasteiger partial charge >= 0.3 is 0 Å². The Kier molecular flexibility index (Phi) is 5.58. The molecule has 2 aliphatic rings. The Labute approximate surface area is 122 Å². The highest BCUT2D eigenvalue weighted by molar-refractivity contribution is 8.14. The molecule has 2 rings (SSSR count). The monoisotopic (exact) mass is 284 g/mol. The summed E-state index contributed by atoms with van der Waals surface area (Å²) in [5.41, 5.74) is 0.397. The van der Waals surface area contributed by atoms with E-state index in [-0.39, 0.29) is 0 Å². The lowest BCUT2D eigenvalue weighted by Gasteiger charge is -2.21. The van der Waals surface area contributed by atoms with E-state index in [0.29, 0.717) is 16.8 Å². The molecular weight excluding hydrogens is 256 g/mol. The normalized spacial score (nSPS) is 24.8. The van der Waals surface area contributed by atoms with Gasteiger partial charge in [0.25, 0.3) is 0 Å². The Morgan fingerprint density at radius 1 is 1.32 bits per heavy atom. The number of thioether (sulfide) groups is 1. The Morgan fingerprint density at radius 2 is 2.05 bits per heavy atom. The van der Waals surface area contributed by atoms with E-state index >= 15 is 0 Å². The fraction of sp³-hybridized carbons (Fsp3) is 0.933. The maximum Gasteiger partial charge on any atom is 0.157 e. The van der Waals surface area contributed by atoms with Crippen LogP contribution < -0.4 is 5.32 Å². The maximum atomic E-state index is 5.84. The number of aliphatic imine (C=N–C) groups is 1. The molecule has 110 valence electrons. The number of ether oxygens (including phenoxy) is 1. The van der Waals surface area contributed by atoms with Crippen molar-refractivity contribution in [2.24, 2.45) is 10.4 Å². The third-order valence-electron chi connectivity index (χ3n) is 3.59. The largest absolute Gasteiger partial charge is 0.376 e. The first-order chi connectivity index (χ1) is 9.03. The van der Waals surface area contributed by atoms with Gasteiger partial charge < -0.3 is 10.1 Å². The van der Waals surface area contributed by atoms with E-state index in [9.17, 15) is 0 Å². The summed E-state index contributed by atoms with van der Waals surface area (Å²) in [5, 5.41) is 5.18. The summed E-state index contributed by atoms with van der Waals surface area (Å²) in [7, 11) is 0. The summed E-state index contributed by atoms with van der Waals surface area (Å²) in [6.07, 6.45) is 6.94. The van der Waals surface area contributed by atoms with Crippen LogP contribution in [0, 0.1) is 5.41 Å². The number of rotatable bonds is 5. The van der Waals surface area contributed by atoms with Crippen molar-refractivity contribution >= 4 is 16.9 Å². The molecule has 1 saturated carbocycles. The third-order valence-corrected chi connectivity index (χ3v) is 4.74. The number of nitrogens with one attached hydrogen (secondary N) is 1. The van der Waals surface area contributed by atoms with Crippen LogP contribution >= 0.6 is 11.8 Å². The van der Waals surface area contributed by atoms with E-state index in [1.54, 1.807) is 0 Å². The highest BCUT2D eigenvalue weighted by Crippen LogP contribution is 2.31. The van der Waals surface area contributed by atoms with E-state index in [1.807, 2.05) is 11.8 Å². The van der Waals surface area contributed by atoms with Gasteiger partial charge in [-0.05, 0) is 24.7 Å². The van der Waals surface area contributed by atoms with E-state index < -0.39 is 0 Å². The molecule has 0 saturated heterocycles. The van der Waals surface area contributed by atoms with Crippen molar-refractivity contribution in [3.8, 4) is 0 Å². The predicted molar refractivity (Wildman–Crippen MR) is 84.0 cm³/mol. The smallest absolute Gasteiger partial charge is 0.157 e. The molecule has 0 radical (unpaired) electrons. The molecular formula is C15H28N2OS. The van der Waals surface area contributed by atoms with Gasteiger partial charge in [-0.15, -0.1) is 0 Å². The molecule has 0 aromatic carbocycles. The highest BCUT2D eigenvalue weighted by atomic mass is 32.2. The molecule has 1 atom stereocenters. The summed E-state index contributed by atoms with van der Waals surface area (Å²) < 4.78 is 5.84.